The highest BCUT2D eigenvalue weighted by Crippen LogP contribution is 2.61. The first-order valence-corrected chi connectivity index (χ1v) is 16.1. The van der Waals surface area contributed by atoms with Gasteiger partial charge in [0.25, 0.3) is 0 Å². The fourth-order valence-electron chi connectivity index (χ4n) is 3.88. The normalized spacial score (nSPS) is 15.2. The van der Waals surface area contributed by atoms with Gasteiger partial charge < -0.3 is 19.7 Å². The third-order valence-electron chi connectivity index (χ3n) is 5.24. The molecule has 0 saturated heterocycles. The van der Waals surface area contributed by atoms with E-state index in [1.807, 2.05) is 63.4 Å². The molecule has 32 heavy (non-hydrogen) atoms. The van der Waals surface area contributed by atoms with Gasteiger partial charge in [0.1, 0.15) is 11.5 Å². The Bertz CT molecular complexity index is 1340. The first-order chi connectivity index (χ1) is 15.0. The van der Waals surface area contributed by atoms with Crippen LogP contribution in [0.25, 0.3) is 0 Å². The van der Waals surface area contributed by atoms with Gasteiger partial charge in [-0.25, -0.2) is 4.79 Å². The number of esters is 1. The largest absolute Gasteiger partial charge is 0.506 e. The summed E-state index contributed by atoms with van der Waals surface area (Å²) in [7, 11) is 0. The Morgan fingerprint density at radius 1 is 0.688 bits per heavy atom. The molecule has 2 heterocycles. The molecule has 0 radical (unpaired) electrons. The van der Waals surface area contributed by atoms with Gasteiger partial charge >= 0.3 is 5.97 Å². The molecule has 5 nitrogen and oxygen atoms in total. The minimum absolute atomic E-state index is 0.102. The van der Waals surface area contributed by atoms with Crippen LogP contribution in [0.5, 0.6) is 23.0 Å². The molecule has 5 rings (SSSR count). The van der Waals surface area contributed by atoms with Gasteiger partial charge in [0.15, 0.2) is 17.1 Å². The topological polar surface area (TPSA) is 76.0 Å². The van der Waals surface area contributed by atoms with E-state index in [4.69, 9.17) is 9.47 Å². The van der Waals surface area contributed by atoms with E-state index < -0.39 is 11.6 Å². The van der Waals surface area contributed by atoms with Crippen LogP contribution in [0.3, 0.4) is 0 Å². The maximum atomic E-state index is 13.3. The lowest BCUT2D eigenvalue weighted by atomic mass is 9.77. The van der Waals surface area contributed by atoms with Crippen molar-refractivity contribution in [2.45, 2.75) is 5.60 Å². The first-order valence-electron chi connectivity index (χ1n) is 8.52. The molecule has 2 aliphatic heterocycles. The number of fused-ring (bicyclic) bond motifs is 6. The smallest absolute Gasteiger partial charge is 0.340 e. The number of aromatic hydroxyl groups is 2. The summed E-state index contributed by atoms with van der Waals surface area (Å²) in [6.45, 7) is 0. The molecule has 0 aromatic heterocycles. The molecule has 0 atom stereocenters. The number of hydrogen-bond acceptors (Lipinski definition) is 5. The fourth-order valence-corrected chi connectivity index (χ4v) is 9.94. The van der Waals surface area contributed by atoms with Gasteiger partial charge in [-0.15, -0.1) is 0 Å². The van der Waals surface area contributed by atoms with Crippen LogP contribution in [0.15, 0.2) is 18.2 Å². The molecule has 0 bridgehead atoms. The summed E-state index contributed by atoms with van der Waals surface area (Å²) in [5.41, 5.74) is 1.30. The van der Waals surface area contributed by atoms with E-state index in [0.717, 1.165) is 16.3 Å². The molecule has 2 aliphatic rings. The van der Waals surface area contributed by atoms with Crippen molar-refractivity contribution < 1.29 is 24.5 Å². The summed E-state index contributed by atoms with van der Waals surface area (Å²) in [5, 5.41) is 21.3. The SMILES string of the molecule is O=C1OC2(c3cc(I)c(O)c(I)c3Oc3c2cc(I)c(O)c3I)c2c1cc(I)c(I)c2I. The first kappa shape index (κ1) is 25.3. The number of ether oxygens (including phenoxy) is 2. The predicted molar refractivity (Wildman–Crippen MR) is 177 cm³/mol. The molecular weight excluding hydrogens is 1210 g/mol. The highest BCUT2D eigenvalue weighted by atomic mass is 127. The van der Waals surface area contributed by atoms with E-state index in [1.165, 1.54) is 0 Å². The summed E-state index contributed by atoms with van der Waals surface area (Å²) in [4.78, 5) is 13.3. The maximum absolute atomic E-state index is 13.3. The van der Waals surface area contributed by atoms with Crippen LogP contribution >= 0.6 is 158 Å². The molecule has 3 aromatic rings. The number of carbonyl (C=O) groups is 1. The fraction of sp³-hybridized carbons (Fsp3) is 0.0500. The number of phenols is 2. The second-order valence-corrected chi connectivity index (χ2v) is 14.7. The average molecular weight is 1210 g/mol. The third kappa shape index (κ3) is 3.46. The molecule has 0 amide bonds. The van der Waals surface area contributed by atoms with E-state index in [0.29, 0.717) is 42.5 Å². The van der Waals surface area contributed by atoms with Crippen LogP contribution in [-0.4, -0.2) is 16.2 Å². The van der Waals surface area contributed by atoms with Gasteiger partial charge in [-0.05, 0) is 176 Å². The van der Waals surface area contributed by atoms with Gasteiger partial charge in [0.2, 0.25) is 0 Å². The lowest BCUT2D eigenvalue weighted by molar-refractivity contribution is 0.0221. The van der Waals surface area contributed by atoms with E-state index in [9.17, 15) is 15.0 Å². The van der Waals surface area contributed by atoms with Crippen LogP contribution in [0, 0.1) is 25.0 Å². The van der Waals surface area contributed by atoms with Crippen molar-refractivity contribution in [1.82, 2.24) is 0 Å². The van der Waals surface area contributed by atoms with Gasteiger partial charge in [-0.3, -0.25) is 0 Å². The lowest BCUT2D eigenvalue weighted by Gasteiger charge is -2.38. The van der Waals surface area contributed by atoms with Crippen LogP contribution in [0.4, 0.5) is 0 Å². The van der Waals surface area contributed by atoms with E-state index in [1.54, 1.807) is 0 Å². The summed E-state index contributed by atoms with van der Waals surface area (Å²) in [6.07, 6.45) is 0. The monoisotopic (exact) mass is 1210 g/mol. The number of benzene rings is 3. The molecule has 1 spiro atoms. The zero-order valence-electron chi connectivity index (χ0n) is 15.0. The highest BCUT2D eigenvalue weighted by Gasteiger charge is 2.56. The molecule has 0 unspecified atom stereocenters. The Kier molecular flexibility index (Phi) is 7.02. The summed E-state index contributed by atoms with van der Waals surface area (Å²) >= 11 is 15.0. The molecule has 12 heteroatoms. The zero-order chi connectivity index (χ0) is 23.3. The van der Waals surface area contributed by atoms with Gasteiger partial charge in [-0.2, -0.15) is 0 Å². The maximum Gasteiger partial charge on any atom is 0.340 e. The van der Waals surface area contributed by atoms with Crippen LogP contribution in [-0.2, 0) is 10.3 Å². The molecule has 0 saturated carbocycles. The minimum atomic E-state index is -1.27. The number of carbonyl (C=O) groups excluding carboxylic acids is 1. The van der Waals surface area contributed by atoms with Crippen molar-refractivity contribution in [2.24, 2.45) is 0 Å². The third-order valence-corrected chi connectivity index (χ3v) is 14.0. The number of phenolic OH excluding ortho intramolecular Hbond substituents is 2. The predicted octanol–water partition coefficient (Wildman–Crippen LogP) is 7.90. The quantitative estimate of drug-likeness (QED) is 0.136. The van der Waals surface area contributed by atoms with Crippen molar-refractivity contribution in [3.05, 3.63) is 65.4 Å². The number of rotatable bonds is 0. The molecule has 0 aliphatic carbocycles. The van der Waals surface area contributed by atoms with Crippen molar-refractivity contribution in [3.63, 3.8) is 0 Å². The van der Waals surface area contributed by atoms with E-state index in [-0.39, 0.29) is 11.5 Å². The molecule has 3 aromatic carbocycles. The average Bonchev–Trinajstić information content (AvgIpc) is 3.03. The van der Waals surface area contributed by atoms with Crippen molar-refractivity contribution >= 4 is 164 Å². The molecular formula is C20H5I7O5. The molecule has 2 N–H and O–H groups in total. The Morgan fingerprint density at radius 3 is 1.69 bits per heavy atom. The Labute approximate surface area is 277 Å². The Balaban J connectivity index is 2.03. The van der Waals surface area contributed by atoms with Crippen molar-refractivity contribution in [3.8, 4) is 23.0 Å². The minimum Gasteiger partial charge on any atom is -0.506 e. The van der Waals surface area contributed by atoms with Gasteiger partial charge in [0, 0.05) is 16.3 Å². The van der Waals surface area contributed by atoms with Crippen LogP contribution in [0.2, 0.25) is 0 Å². The molecule has 164 valence electrons. The lowest BCUT2D eigenvalue weighted by Crippen LogP contribution is -2.35. The van der Waals surface area contributed by atoms with Crippen molar-refractivity contribution in [1.29, 1.82) is 0 Å². The van der Waals surface area contributed by atoms with E-state index in [2.05, 4.69) is 113 Å². The highest BCUT2D eigenvalue weighted by molar-refractivity contribution is 14.1. The second kappa shape index (κ2) is 8.89. The summed E-state index contributed by atoms with van der Waals surface area (Å²) in [5.74, 6) is 0.621. The Hall–Kier alpha value is 1.64. The summed E-state index contributed by atoms with van der Waals surface area (Å²) in [6, 6.07) is 5.48. The van der Waals surface area contributed by atoms with Crippen LogP contribution < -0.4 is 4.74 Å². The second-order valence-electron chi connectivity index (χ2n) is 6.88. The zero-order valence-corrected chi connectivity index (χ0v) is 30.1. The van der Waals surface area contributed by atoms with Crippen LogP contribution in [0.1, 0.15) is 27.0 Å². The van der Waals surface area contributed by atoms with Crippen molar-refractivity contribution in [2.75, 3.05) is 0 Å². The van der Waals surface area contributed by atoms with Gasteiger partial charge in [0.05, 0.1) is 31.0 Å². The van der Waals surface area contributed by atoms with E-state index >= 15 is 0 Å². The number of hydrogen-bond donors (Lipinski definition) is 2. The standard InChI is InChI=1S/C20H5I7O5/c21-7-1-4-10(12(25)11(7)24)20(32-19(4)30)5-2-8(22)15(28)13(26)17(5)31-18-6(20)3-9(23)16(29)14(18)27/h1-3,28-29H. The number of halogens is 7. The Morgan fingerprint density at radius 2 is 1.19 bits per heavy atom. The molecule has 0 fully saturated rings. The summed E-state index contributed by atoms with van der Waals surface area (Å²) < 4.78 is 17.8. The van der Waals surface area contributed by atoms with Gasteiger partial charge in [-0.1, -0.05) is 0 Å².